The van der Waals surface area contributed by atoms with Gasteiger partial charge in [-0.1, -0.05) is 0 Å². The zero-order valence-corrected chi connectivity index (χ0v) is 15.2. The molecule has 0 atom stereocenters. The number of benzene rings is 1. The van der Waals surface area contributed by atoms with Gasteiger partial charge in [0.15, 0.2) is 5.76 Å². The average molecular weight is 398 g/mol. The number of nitrogens with one attached hydrogen (secondary N) is 1. The molecule has 3 heterocycles. The Hall–Kier alpha value is -3.67. The van der Waals surface area contributed by atoms with Crippen molar-refractivity contribution in [3.05, 3.63) is 53.9 Å². The topological polar surface area (TPSA) is 95.3 Å². The number of hydrogen-bond acceptors (Lipinski definition) is 6. The van der Waals surface area contributed by atoms with Gasteiger partial charge in [0.25, 0.3) is 5.89 Å². The first-order valence-electron chi connectivity index (χ1n) is 9.01. The van der Waals surface area contributed by atoms with Crippen molar-refractivity contribution in [1.82, 2.24) is 4.98 Å². The van der Waals surface area contributed by atoms with Gasteiger partial charge in [-0.3, -0.25) is 4.79 Å². The first-order valence-corrected chi connectivity index (χ1v) is 9.01. The Bertz CT molecular complexity index is 1060. The van der Waals surface area contributed by atoms with E-state index in [4.69, 9.17) is 8.83 Å². The summed E-state index contributed by atoms with van der Waals surface area (Å²) in [6, 6.07) is 8.40. The number of furan rings is 1. The van der Waals surface area contributed by atoms with E-state index in [2.05, 4.69) is 10.3 Å². The summed E-state index contributed by atoms with van der Waals surface area (Å²) in [4.78, 5) is 18.4. The second kappa shape index (κ2) is 7.75. The van der Waals surface area contributed by atoms with Crippen LogP contribution in [0.4, 0.5) is 20.4 Å². The summed E-state index contributed by atoms with van der Waals surface area (Å²) < 4.78 is 37.7. The fourth-order valence-corrected chi connectivity index (χ4v) is 3.28. The normalized spacial score (nSPS) is 14.6. The van der Waals surface area contributed by atoms with E-state index in [1.54, 1.807) is 12.1 Å². The Morgan fingerprint density at radius 2 is 2.07 bits per heavy atom. The Balaban J connectivity index is 1.42. The summed E-state index contributed by atoms with van der Waals surface area (Å²) >= 11 is 0. The summed E-state index contributed by atoms with van der Waals surface area (Å²) in [5.41, 5.74) is 0.0941. The quantitative estimate of drug-likeness (QED) is 0.715. The molecule has 0 aliphatic carbocycles. The van der Waals surface area contributed by atoms with E-state index in [9.17, 15) is 18.8 Å². The zero-order valence-electron chi connectivity index (χ0n) is 15.2. The number of hydrogen-bond donors (Lipinski definition) is 1. The van der Waals surface area contributed by atoms with Crippen LogP contribution in [0.2, 0.25) is 0 Å². The van der Waals surface area contributed by atoms with Crippen molar-refractivity contribution in [1.29, 1.82) is 5.26 Å². The van der Waals surface area contributed by atoms with Gasteiger partial charge in [0, 0.05) is 25.1 Å². The van der Waals surface area contributed by atoms with Gasteiger partial charge < -0.3 is 19.1 Å². The first-order chi connectivity index (χ1) is 14.0. The van der Waals surface area contributed by atoms with E-state index < -0.39 is 11.6 Å². The van der Waals surface area contributed by atoms with Crippen LogP contribution in [0.5, 0.6) is 0 Å². The average Bonchev–Trinajstić information content (AvgIpc) is 3.39. The molecule has 1 fully saturated rings. The molecule has 0 radical (unpaired) electrons. The van der Waals surface area contributed by atoms with E-state index in [1.165, 1.54) is 12.3 Å². The Kier molecular flexibility index (Phi) is 4.99. The van der Waals surface area contributed by atoms with Crippen LogP contribution in [0.15, 0.2) is 45.4 Å². The van der Waals surface area contributed by atoms with Crippen molar-refractivity contribution in [3.63, 3.8) is 0 Å². The van der Waals surface area contributed by atoms with Gasteiger partial charge in [0.2, 0.25) is 17.5 Å². The number of amides is 1. The minimum absolute atomic E-state index is 0.0519. The predicted molar refractivity (Wildman–Crippen MR) is 98.8 cm³/mol. The highest BCUT2D eigenvalue weighted by Gasteiger charge is 2.29. The number of carbonyl (C=O) groups is 1. The first kappa shape index (κ1) is 18.7. The number of nitrogens with zero attached hydrogens (tertiary/aromatic N) is 3. The van der Waals surface area contributed by atoms with Crippen LogP contribution in [0, 0.1) is 28.9 Å². The molecule has 148 valence electrons. The fraction of sp³-hybridized carbons (Fsp3) is 0.250. The smallest absolute Gasteiger partial charge is 0.266 e. The van der Waals surface area contributed by atoms with E-state index in [0.29, 0.717) is 37.6 Å². The van der Waals surface area contributed by atoms with E-state index in [0.717, 1.165) is 12.1 Å². The van der Waals surface area contributed by atoms with E-state index in [1.807, 2.05) is 11.0 Å². The van der Waals surface area contributed by atoms with Crippen molar-refractivity contribution >= 4 is 17.5 Å². The van der Waals surface area contributed by atoms with Gasteiger partial charge in [0.05, 0.1) is 12.0 Å². The van der Waals surface area contributed by atoms with Gasteiger partial charge in [-0.15, -0.1) is 0 Å². The largest absolute Gasteiger partial charge is 0.459 e. The van der Waals surface area contributed by atoms with E-state index in [-0.39, 0.29) is 29.1 Å². The number of rotatable bonds is 4. The molecule has 0 unspecified atom stereocenters. The fourth-order valence-electron chi connectivity index (χ4n) is 3.28. The molecule has 1 N–H and O–H groups in total. The van der Waals surface area contributed by atoms with Gasteiger partial charge in [-0.05, 0) is 37.1 Å². The molecule has 0 bridgehead atoms. The van der Waals surface area contributed by atoms with Crippen LogP contribution in [0.1, 0.15) is 18.5 Å². The molecule has 0 saturated carbocycles. The summed E-state index contributed by atoms with van der Waals surface area (Å²) in [5, 5.41) is 11.9. The molecule has 1 aromatic carbocycles. The van der Waals surface area contributed by atoms with Crippen molar-refractivity contribution in [2.75, 3.05) is 23.3 Å². The Morgan fingerprint density at radius 1 is 1.28 bits per heavy atom. The number of aromatic nitrogens is 1. The molecule has 1 aliphatic rings. The van der Waals surface area contributed by atoms with Crippen molar-refractivity contribution in [2.45, 2.75) is 12.8 Å². The van der Waals surface area contributed by atoms with Crippen LogP contribution in [-0.2, 0) is 4.79 Å². The summed E-state index contributed by atoms with van der Waals surface area (Å²) in [6.07, 6.45) is 2.45. The molecule has 29 heavy (non-hydrogen) atoms. The van der Waals surface area contributed by atoms with Crippen LogP contribution in [0.3, 0.4) is 0 Å². The molecular formula is C20H16F2N4O3. The summed E-state index contributed by atoms with van der Waals surface area (Å²) in [5.74, 6) is -1.22. The SMILES string of the molecule is N#Cc1nc(-c2ccco2)oc1N1CCC(C(=O)Nc2ccc(F)cc2F)CC1. The predicted octanol–water partition coefficient (Wildman–Crippen LogP) is 3.94. The Morgan fingerprint density at radius 3 is 2.72 bits per heavy atom. The second-order valence-electron chi connectivity index (χ2n) is 6.64. The monoisotopic (exact) mass is 398 g/mol. The van der Waals surface area contributed by atoms with Crippen LogP contribution in [-0.4, -0.2) is 24.0 Å². The van der Waals surface area contributed by atoms with Crippen LogP contribution in [0.25, 0.3) is 11.7 Å². The van der Waals surface area contributed by atoms with E-state index >= 15 is 0 Å². The van der Waals surface area contributed by atoms with Crippen molar-refractivity contribution in [3.8, 4) is 17.7 Å². The maximum Gasteiger partial charge on any atom is 0.266 e. The highest BCUT2D eigenvalue weighted by Crippen LogP contribution is 2.31. The lowest BCUT2D eigenvalue weighted by Gasteiger charge is -2.31. The number of anilines is 2. The maximum absolute atomic E-state index is 13.7. The number of halogens is 2. The molecule has 1 aliphatic heterocycles. The van der Waals surface area contributed by atoms with Crippen molar-refractivity contribution in [2.24, 2.45) is 5.92 Å². The lowest BCUT2D eigenvalue weighted by atomic mass is 9.96. The number of nitriles is 1. The molecule has 1 saturated heterocycles. The molecule has 1 amide bonds. The highest BCUT2D eigenvalue weighted by molar-refractivity contribution is 5.92. The van der Waals surface area contributed by atoms with Crippen molar-refractivity contribution < 1.29 is 22.4 Å². The molecular weight excluding hydrogens is 382 g/mol. The Labute approximate surface area is 164 Å². The third-order valence-corrected chi connectivity index (χ3v) is 4.79. The molecule has 2 aromatic heterocycles. The van der Waals surface area contributed by atoms with Crippen LogP contribution < -0.4 is 10.2 Å². The van der Waals surface area contributed by atoms with Gasteiger partial charge in [-0.2, -0.15) is 10.2 Å². The van der Waals surface area contributed by atoms with Gasteiger partial charge in [-0.25, -0.2) is 8.78 Å². The number of carbonyl (C=O) groups excluding carboxylic acids is 1. The number of oxazole rings is 1. The molecule has 7 nitrogen and oxygen atoms in total. The zero-order chi connectivity index (χ0) is 20.4. The third-order valence-electron chi connectivity index (χ3n) is 4.79. The minimum atomic E-state index is -0.818. The van der Waals surface area contributed by atoms with Gasteiger partial charge in [0.1, 0.15) is 17.7 Å². The third kappa shape index (κ3) is 3.82. The van der Waals surface area contributed by atoms with Crippen LogP contribution >= 0.6 is 0 Å². The number of piperidine rings is 1. The minimum Gasteiger partial charge on any atom is -0.459 e. The lowest BCUT2D eigenvalue weighted by molar-refractivity contribution is -0.120. The summed E-state index contributed by atoms with van der Waals surface area (Å²) in [6.45, 7) is 0.927. The standard InChI is InChI=1S/C20H16F2N4O3/c21-13-3-4-15(14(22)10-13)24-18(27)12-5-7-26(8-6-12)20-16(11-23)25-19(29-20)17-2-1-9-28-17/h1-4,9-10,12H,5-8H2,(H,24,27). The van der Waals surface area contributed by atoms with Gasteiger partial charge >= 0.3 is 0 Å². The molecule has 4 rings (SSSR count). The molecule has 0 spiro atoms. The lowest BCUT2D eigenvalue weighted by Crippen LogP contribution is -2.38. The molecule has 9 heteroatoms. The maximum atomic E-state index is 13.7. The second-order valence-corrected chi connectivity index (χ2v) is 6.64. The highest BCUT2D eigenvalue weighted by atomic mass is 19.1. The summed E-state index contributed by atoms with van der Waals surface area (Å²) in [7, 11) is 0. The molecule has 3 aromatic rings.